The average Bonchev–Trinajstić information content (AvgIpc) is 2.88. The van der Waals surface area contributed by atoms with Gasteiger partial charge in [0.25, 0.3) is 5.91 Å². The lowest BCUT2D eigenvalue weighted by Gasteiger charge is -2.30. The summed E-state index contributed by atoms with van der Waals surface area (Å²) < 4.78 is 7.34. The van der Waals surface area contributed by atoms with Crippen molar-refractivity contribution in [2.45, 2.75) is 52.6 Å². The molecule has 6 nitrogen and oxygen atoms in total. The second kappa shape index (κ2) is 7.86. The number of amides is 1. The second-order valence-electron chi connectivity index (χ2n) is 7.34. The molecule has 0 bridgehead atoms. The van der Waals surface area contributed by atoms with Crippen LogP contribution in [0.15, 0.2) is 30.3 Å². The maximum absolute atomic E-state index is 13.0. The van der Waals surface area contributed by atoms with Gasteiger partial charge in [-0.05, 0) is 58.4 Å². The third-order valence-electron chi connectivity index (χ3n) is 4.85. The summed E-state index contributed by atoms with van der Waals surface area (Å²) in [5, 5.41) is 12.3. The smallest absolute Gasteiger partial charge is 0.306 e. The highest BCUT2D eigenvalue weighted by Crippen LogP contribution is 2.29. The van der Waals surface area contributed by atoms with E-state index in [2.05, 4.69) is 23.7 Å². The third kappa shape index (κ3) is 4.32. The topological polar surface area (TPSA) is 80.6 Å². The van der Waals surface area contributed by atoms with E-state index in [1.165, 1.54) is 0 Å². The Balaban J connectivity index is 2.43. The van der Waals surface area contributed by atoms with Crippen molar-refractivity contribution in [3.8, 4) is 5.75 Å². The van der Waals surface area contributed by atoms with Gasteiger partial charge < -0.3 is 19.7 Å². The van der Waals surface area contributed by atoms with Gasteiger partial charge in [0, 0.05) is 17.4 Å². The van der Waals surface area contributed by atoms with E-state index in [0.717, 1.165) is 11.4 Å². The second-order valence-corrected chi connectivity index (χ2v) is 7.34. The van der Waals surface area contributed by atoms with Gasteiger partial charge in [-0.1, -0.05) is 12.1 Å². The summed E-state index contributed by atoms with van der Waals surface area (Å²) in [5.41, 5.74) is 2.02. The number of carboxylic acid groups (broad SMARTS) is 1. The maximum Gasteiger partial charge on any atom is 0.306 e. The van der Waals surface area contributed by atoms with Crippen LogP contribution in [0.1, 0.15) is 60.5 Å². The third-order valence-corrected chi connectivity index (χ3v) is 4.85. The maximum atomic E-state index is 13.0. The van der Waals surface area contributed by atoms with Crippen molar-refractivity contribution in [2.24, 2.45) is 0 Å². The highest BCUT2D eigenvalue weighted by molar-refractivity contribution is 5.96. The molecule has 0 saturated carbocycles. The van der Waals surface area contributed by atoms with Crippen LogP contribution in [0.25, 0.3) is 0 Å². The van der Waals surface area contributed by atoms with Gasteiger partial charge in [-0.3, -0.25) is 9.59 Å². The van der Waals surface area contributed by atoms with Gasteiger partial charge in [-0.2, -0.15) is 0 Å². The summed E-state index contributed by atoms with van der Waals surface area (Å²) in [6.45, 7) is 9.71. The number of carbonyl (C=O) groups is 2. The number of nitrogens with one attached hydrogen (secondary N) is 1. The van der Waals surface area contributed by atoms with Crippen LogP contribution in [0.4, 0.5) is 0 Å². The van der Waals surface area contributed by atoms with E-state index < -0.39 is 11.5 Å². The molecule has 0 saturated heterocycles. The number of methoxy groups -OCH3 is 1. The fourth-order valence-electron chi connectivity index (χ4n) is 3.61. The number of hydrogen-bond donors (Lipinski definition) is 2. The molecular formula is C21H28N2O4. The number of carboxylic acids is 1. The van der Waals surface area contributed by atoms with E-state index in [1.807, 2.05) is 19.9 Å². The largest absolute Gasteiger partial charge is 0.497 e. The molecule has 6 heteroatoms. The Hall–Kier alpha value is -2.76. The number of aryl methyl sites for hydroxylation is 1. The Morgan fingerprint density at radius 3 is 2.44 bits per heavy atom. The Kier molecular flexibility index (Phi) is 5.98. The molecule has 2 aromatic rings. The van der Waals surface area contributed by atoms with Crippen LogP contribution in [0.3, 0.4) is 0 Å². The predicted molar refractivity (Wildman–Crippen MR) is 104 cm³/mol. The molecule has 1 heterocycles. The minimum Gasteiger partial charge on any atom is -0.497 e. The minimum absolute atomic E-state index is 0.232. The van der Waals surface area contributed by atoms with Crippen LogP contribution in [0.5, 0.6) is 5.75 Å². The average molecular weight is 372 g/mol. The van der Waals surface area contributed by atoms with Crippen molar-refractivity contribution in [2.75, 3.05) is 7.11 Å². The van der Waals surface area contributed by atoms with Gasteiger partial charge in [0.05, 0.1) is 24.6 Å². The number of nitrogens with zero attached hydrogens (tertiary/aromatic N) is 1. The summed E-state index contributed by atoms with van der Waals surface area (Å²) in [5.74, 6) is -0.675. The highest BCUT2D eigenvalue weighted by Gasteiger charge is 2.33. The molecule has 0 fully saturated rings. The first-order valence-electron chi connectivity index (χ1n) is 8.96. The molecule has 146 valence electrons. The number of aromatic nitrogens is 1. The van der Waals surface area contributed by atoms with Crippen LogP contribution in [0, 0.1) is 13.8 Å². The van der Waals surface area contributed by atoms with Gasteiger partial charge in [0.2, 0.25) is 0 Å². The Morgan fingerprint density at radius 1 is 1.26 bits per heavy atom. The minimum atomic E-state index is -1.07. The number of aliphatic carboxylic acids is 1. The predicted octanol–water partition coefficient (Wildman–Crippen LogP) is 3.81. The number of rotatable bonds is 7. The number of carbonyl (C=O) groups excluding carboxylic acids is 1. The van der Waals surface area contributed by atoms with Crippen LogP contribution >= 0.6 is 0 Å². The Bertz CT molecular complexity index is 854. The normalized spacial score (nSPS) is 13.3. The highest BCUT2D eigenvalue weighted by atomic mass is 16.5. The lowest BCUT2D eigenvalue weighted by atomic mass is 9.88. The van der Waals surface area contributed by atoms with Crippen LogP contribution in [-0.2, 0) is 10.3 Å². The van der Waals surface area contributed by atoms with Crippen LogP contribution < -0.4 is 10.1 Å². The molecule has 0 aliphatic carbocycles. The van der Waals surface area contributed by atoms with Crippen molar-refractivity contribution < 1.29 is 19.4 Å². The molecule has 0 spiro atoms. The molecular weight excluding hydrogens is 344 g/mol. The van der Waals surface area contributed by atoms with Crippen molar-refractivity contribution in [3.63, 3.8) is 0 Å². The zero-order chi connectivity index (χ0) is 20.4. The number of ether oxygens (including phenoxy) is 1. The lowest BCUT2D eigenvalue weighted by Crippen LogP contribution is -2.45. The molecule has 1 unspecified atom stereocenters. The first-order valence-corrected chi connectivity index (χ1v) is 8.96. The monoisotopic (exact) mass is 372 g/mol. The van der Waals surface area contributed by atoms with Gasteiger partial charge in [0.1, 0.15) is 5.75 Å². The summed E-state index contributed by atoms with van der Waals surface area (Å²) >= 11 is 0. The van der Waals surface area contributed by atoms with Gasteiger partial charge in [-0.25, -0.2) is 0 Å². The Morgan fingerprint density at radius 2 is 1.93 bits per heavy atom. The standard InChI is InChI=1S/C21H28N2O4/c1-13(2)23-14(3)10-18(15(23)4)20(26)22-21(5,12-19(24)25)16-8-7-9-17(11-16)27-6/h7-11,13H,12H2,1-6H3,(H,22,26)(H,24,25). The summed E-state index contributed by atoms with van der Waals surface area (Å²) in [6.07, 6.45) is -0.241. The zero-order valence-corrected chi connectivity index (χ0v) is 16.8. The molecule has 2 N–H and O–H groups in total. The summed E-state index contributed by atoms with van der Waals surface area (Å²) in [7, 11) is 1.55. The summed E-state index contributed by atoms with van der Waals surface area (Å²) in [6, 6.07) is 9.19. The SMILES string of the molecule is COc1cccc(C(C)(CC(=O)O)NC(=O)c2cc(C)n(C(C)C)c2C)c1. The molecule has 2 rings (SSSR count). The molecule has 1 atom stereocenters. The first-order chi connectivity index (χ1) is 12.6. The quantitative estimate of drug-likeness (QED) is 0.774. The van der Waals surface area contributed by atoms with E-state index in [0.29, 0.717) is 16.9 Å². The van der Waals surface area contributed by atoms with Gasteiger partial charge in [-0.15, -0.1) is 0 Å². The molecule has 1 aromatic heterocycles. The molecule has 0 aliphatic rings. The zero-order valence-electron chi connectivity index (χ0n) is 16.8. The number of benzene rings is 1. The van der Waals surface area contributed by atoms with Crippen molar-refractivity contribution >= 4 is 11.9 Å². The summed E-state index contributed by atoms with van der Waals surface area (Å²) in [4.78, 5) is 24.5. The molecule has 0 aliphatic heterocycles. The molecule has 1 amide bonds. The first kappa shape index (κ1) is 20.6. The van der Waals surface area contributed by atoms with Crippen molar-refractivity contribution in [3.05, 3.63) is 52.8 Å². The van der Waals surface area contributed by atoms with Crippen LogP contribution in [0.2, 0.25) is 0 Å². The van der Waals surface area contributed by atoms with E-state index in [-0.39, 0.29) is 18.4 Å². The van der Waals surface area contributed by atoms with E-state index in [1.54, 1.807) is 38.3 Å². The van der Waals surface area contributed by atoms with Crippen molar-refractivity contribution in [1.82, 2.24) is 9.88 Å². The fraction of sp³-hybridized carbons (Fsp3) is 0.429. The van der Waals surface area contributed by atoms with E-state index in [4.69, 9.17) is 4.74 Å². The Labute approximate surface area is 160 Å². The number of hydrogen-bond acceptors (Lipinski definition) is 3. The molecule has 1 aromatic carbocycles. The van der Waals surface area contributed by atoms with Gasteiger partial charge >= 0.3 is 5.97 Å². The fourth-order valence-corrected chi connectivity index (χ4v) is 3.61. The van der Waals surface area contributed by atoms with E-state index in [9.17, 15) is 14.7 Å². The molecule has 27 heavy (non-hydrogen) atoms. The lowest BCUT2D eigenvalue weighted by molar-refractivity contribution is -0.138. The van der Waals surface area contributed by atoms with E-state index >= 15 is 0 Å². The van der Waals surface area contributed by atoms with Crippen LogP contribution in [-0.4, -0.2) is 28.7 Å². The van der Waals surface area contributed by atoms with Crippen molar-refractivity contribution in [1.29, 1.82) is 0 Å². The van der Waals surface area contributed by atoms with Gasteiger partial charge in [0.15, 0.2) is 0 Å². The molecule has 0 radical (unpaired) electrons.